The summed E-state index contributed by atoms with van der Waals surface area (Å²) in [5, 5.41) is 14.2. The lowest BCUT2D eigenvalue weighted by atomic mass is 10.0. The highest BCUT2D eigenvalue weighted by atomic mass is 35.5. The molecular weight excluding hydrogens is 362 g/mol. The zero-order valence-corrected chi connectivity index (χ0v) is 16.5. The molecule has 0 bridgehead atoms. The Morgan fingerprint density at radius 2 is 1.89 bits per heavy atom. The normalized spacial score (nSPS) is 10.5. The van der Waals surface area contributed by atoms with E-state index in [-0.39, 0.29) is 0 Å². The topological polar surface area (TPSA) is 60.1 Å². The molecule has 3 aromatic rings. The maximum Gasteiger partial charge on any atom is 0.127 e. The number of benzene rings is 2. The van der Waals surface area contributed by atoms with Gasteiger partial charge in [-0.25, -0.2) is 0 Å². The second-order valence-electron chi connectivity index (χ2n) is 6.19. The van der Waals surface area contributed by atoms with Crippen molar-refractivity contribution >= 4 is 11.6 Å². The number of nitriles is 1. The molecule has 0 unspecified atom stereocenters. The molecule has 0 saturated heterocycles. The zero-order chi connectivity index (χ0) is 19.6. The van der Waals surface area contributed by atoms with E-state index < -0.39 is 0 Å². The average molecular weight is 382 g/mol. The van der Waals surface area contributed by atoms with Gasteiger partial charge in [0.2, 0.25) is 0 Å². The summed E-state index contributed by atoms with van der Waals surface area (Å²) in [5.74, 6) is 1.50. The minimum Gasteiger partial charge on any atom is -0.497 e. The number of halogens is 1. The monoisotopic (exact) mass is 381 g/mol. The van der Waals surface area contributed by atoms with Gasteiger partial charge in [-0.05, 0) is 43.7 Å². The van der Waals surface area contributed by atoms with Crippen LogP contribution < -0.4 is 9.47 Å². The van der Waals surface area contributed by atoms with Gasteiger partial charge in [0, 0.05) is 22.9 Å². The van der Waals surface area contributed by atoms with Crippen molar-refractivity contribution in [1.29, 1.82) is 5.26 Å². The first kappa shape index (κ1) is 18.8. The van der Waals surface area contributed by atoms with Crippen LogP contribution in [0, 0.1) is 25.2 Å². The lowest BCUT2D eigenvalue weighted by molar-refractivity contribution is 0.389. The van der Waals surface area contributed by atoms with Gasteiger partial charge in [-0.2, -0.15) is 10.4 Å². The SMILES string of the molecule is COc1ccc(Cn2nc(C)c(-c3ccc(C#N)c(Cl)c3)c2C)c(OC)c1. The van der Waals surface area contributed by atoms with Crippen molar-refractivity contribution < 1.29 is 9.47 Å². The Morgan fingerprint density at radius 3 is 2.52 bits per heavy atom. The summed E-state index contributed by atoms with van der Waals surface area (Å²) in [6.45, 7) is 4.57. The van der Waals surface area contributed by atoms with Crippen LogP contribution in [-0.4, -0.2) is 24.0 Å². The molecule has 0 aliphatic heterocycles. The van der Waals surface area contributed by atoms with Crippen LogP contribution in [-0.2, 0) is 6.54 Å². The van der Waals surface area contributed by atoms with Gasteiger partial charge >= 0.3 is 0 Å². The van der Waals surface area contributed by atoms with E-state index in [4.69, 9.17) is 31.4 Å². The lowest BCUT2D eigenvalue weighted by Crippen LogP contribution is -2.06. The van der Waals surface area contributed by atoms with Crippen molar-refractivity contribution in [1.82, 2.24) is 9.78 Å². The van der Waals surface area contributed by atoms with Gasteiger partial charge in [0.1, 0.15) is 17.6 Å². The largest absolute Gasteiger partial charge is 0.497 e. The van der Waals surface area contributed by atoms with E-state index in [2.05, 4.69) is 6.07 Å². The van der Waals surface area contributed by atoms with Crippen LogP contribution in [0.5, 0.6) is 11.5 Å². The van der Waals surface area contributed by atoms with Gasteiger partial charge in [0.25, 0.3) is 0 Å². The quantitative estimate of drug-likeness (QED) is 0.639. The third kappa shape index (κ3) is 3.62. The highest BCUT2D eigenvalue weighted by Crippen LogP contribution is 2.32. The second kappa shape index (κ2) is 7.73. The van der Waals surface area contributed by atoms with Crippen LogP contribution in [0.25, 0.3) is 11.1 Å². The van der Waals surface area contributed by atoms with Gasteiger partial charge in [0.15, 0.2) is 0 Å². The van der Waals surface area contributed by atoms with Crippen LogP contribution in [0.15, 0.2) is 36.4 Å². The van der Waals surface area contributed by atoms with Crippen molar-refractivity contribution in [2.45, 2.75) is 20.4 Å². The number of hydrogen-bond donors (Lipinski definition) is 0. The van der Waals surface area contributed by atoms with E-state index in [1.54, 1.807) is 20.3 Å². The standard InChI is InChI=1S/C21H20ClN3O2/c1-13-21(15-5-6-16(11-23)19(22)9-15)14(2)25(24-13)12-17-7-8-18(26-3)10-20(17)27-4/h5-10H,12H2,1-4H3. The summed E-state index contributed by atoms with van der Waals surface area (Å²) in [4.78, 5) is 0. The zero-order valence-electron chi connectivity index (χ0n) is 15.7. The van der Waals surface area contributed by atoms with Crippen molar-refractivity contribution in [2.75, 3.05) is 14.2 Å². The maximum atomic E-state index is 9.07. The molecule has 3 rings (SSSR count). The first-order chi connectivity index (χ1) is 13.0. The number of methoxy groups -OCH3 is 2. The average Bonchev–Trinajstić information content (AvgIpc) is 2.95. The van der Waals surface area contributed by atoms with Crippen molar-refractivity contribution in [3.05, 3.63) is 63.9 Å². The Balaban J connectivity index is 2.00. The van der Waals surface area contributed by atoms with Crippen molar-refractivity contribution in [3.8, 4) is 28.7 Å². The smallest absolute Gasteiger partial charge is 0.127 e. The van der Waals surface area contributed by atoms with E-state index >= 15 is 0 Å². The molecule has 27 heavy (non-hydrogen) atoms. The van der Waals surface area contributed by atoms with E-state index in [0.717, 1.165) is 39.6 Å². The second-order valence-corrected chi connectivity index (χ2v) is 6.59. The number of rotatable bonds is 5. The summed E-state index contributed by atoms with van der Waals surface area (Å²) in [6.07, 6.45) is 0. The Morgan fingerprint density at radius 1 is 1.11 bits per heavy atom. The van der Waals surface area contributed by atoms with Gasteiger partial charge in [-0.3, -0.25) is 4.68 Å². The molecule has 0 amide bonds. The first-order valence-corrected chi connectivity index (χ1v) is 8.81. The molecule has 0 aliphatic carbocycles. The molecule has 0 fully saturated rings. The number of aromatic nitrogens is 2. The van der Waals surface area contributed by atoms with Crippen LogP contribution >= 0.6 is 11.6 Å². The number of aryl methyl sites for hydroxylation is 1. The summed E-state index contributed by atoms with van der Waals surface area (Å²) in [5.41, 5.74) is 5.36. The molecule has 1 heterocycles. The number of ether oxygens (including phenoxy) is 2. The van der Waals surface area contributed by atoms with Crippen LogP contribution in [0.1, 0.15) is 22.5 Å². The fraction of sp³-hybridized carbons (Fsp3) is 0.238. The van der Waals surface area contributed by atoms with Crippen LogP contribution in [0.3, 0.4) is 0 Å². The molecule has 6 heteroatoms. The van der Waals surface area contributed by atoms with Gasteiger partial charge in [-0.15, -0.1) is 0 Å². The van der Waals surface area contributed by atoms with Crippen LogP contribution in [0.4, 0.5) is 0 Å². The van der Waals surface area contributed by atoms with Gasteiger partial charge in [-0.1, -0.05) is 17.7 Å². The van der Waals surface area contributed by atoms with E-state index in [1.165, 1.54) is 0 Å². The van der Waals surface area contributed by atoms with E-state index in [1.807, 2.05) is 48.9 Å². The summed E-state index contributed by atoms with van der Waals surface area (Å²) in [7, 11) is 3.27. The number of nitrogens with zero attached hydrogens (tertiary/aromatic N) is 3. The molecule has 0 spiro atoms. The molecule has 0 saturated carbocycles. The number of hydrogen-bond acceptors (Lipinski definition) is 4. The minimum absolute atomic E-state index is 0.443. The highest BCUT2D eigenvalue weighted by molar-refractivity contribution is 6.32. The molecule has 0 atom stereocenters. The minimum atomic E-state index is 0.443. The molecule has 138 valence electrons. The Labute approximate surface area is 163 Å². The molecule has 5 nitrogen and oxygen atoms in total. The lowest BCUT2D eigenvalue weighted by Gasteiger charge is -2.12. The predicted molar refractivity (Wildman–Crippen MR) is 106 cm³/mol. The third-order valence-corrected chi connectivity index (χ3v) is 4.89. The molecular formula is C21H20ClN3O2. The summed E-state index contributed by atoms with van der Waals surface area (Å²) < 4.78 is 12.7. The molecule has 0 N–H and O–H groups in total. The van der Waals surface area contributed by atoms with E-state index in [0.29, 0.717) is 17.1 Å². The Hall–Kier alpha value is -2.97. The fourth-order valence-corrected chi connectivity index (χ4v) is 3.40. The molecule has 0 radical (unpaired) electrons. The predicted octanol–water partition coefficient (Wildman–Crippen LogP) is 4.76. The molecule has 2 aromatic carbocycles. The maximum absolute atomic E-state index is 9.07. The van der Waals surface area contributed by atoms with Gasteiger partial charge < -0.3 is 9.47 Å². The van der Waals surface area contributed by atoms with Gasteiger partial charge in [0.05, 0.1) is 37.0 Å². The summed E-state index contributed by atoms with van der Waals surface area (Å²) >= 11 is 6.21. The highest BCUT2D eigenvalue weighted by Gasteiger charge is 2.16. The Bertz CT molecular complexity index is 1030. The Kier molecular flexibility index (Phi) is 5.38. The first-order valence-electron chi connectivity index (χ1n) is 8.43. The fourth-order valence-electron chi connectivity index (χ4n) is 3.17. The van der Waals surface area contributed by atoms with Crippen molar-refractivity contribution in [3.63, 3.8) is 0 Å². The van der Waals surface area contributed by atoms with Crippen LogP contribution in [0.2, 0.25) is 5.02 Å². The van der Waals surface area contributed by atoms with E-state index in [9.17, 15) is 0 Å². The molecule has 0 aliphatic rings. The molecule has 1 aromatic heterocycles. The third-order valence-electron chi connectivity index (χ3n) is 4.57. The summed E-state index contributed by atoms with van der Waals surface area (Å²) in [6, 6.07) is 13.3. The van der Waals surface area contributed by atoms with Crippen molar-refractivity contribution in [2.24, 2.45) is 0 Å².